The Bertz CT molecular complexity index is 355. The van der Waals surface area contributed by atoms with Crippen LogP contribution in [0.25, 0.3) is 0 Å². The van der Waals surface area contributed by atoms with Gasteiger partial charge in [-0.2, -0.15) is 0 Å². The van der Waals surface area contributed by atoms with Gasteiger partial charge in [-0.25, -0.2) is 0 Å². The molecule has 2 nitrogen and oxygen atoms in total. The fourth-order valence-electron chi connectivity index (χ4n) is 3.09. The van der Waals surface area contributed by atoms with Crippen LogP contribution in [0.1, 0.15) is 44.6 Å². The van der Waals surface area contributed by atoms with Gasteiger partial charge in [0.1, 0.15) is 0 Å². The van der Waals surface area contributed by atoms with Gasteiger partial charge in [-0.1, -0.05) is 30.3 Å². The molecule has 0 radical (unpaired) electrons. The second-order valence-corrected chi connectivity index (χ2v) is 6.11. The van der Waals surface area contributed by atoms with Crippen LogP contribution < -0.4 is 5.73 Å². The summed E-state index contributed by atoms with van der Waals surface area (Å²) in [6, 6.07) is 12.6. The Balaban J connectivity index is 1.77. The smallest absolute Gasteiger partial charge is 0.00961 e. The van der Waals surface area contributed by atoms with Gasteiger partial charge < -0.3 is 10.6 Å². The van der Waals surface area contributed by atoms with E-state index in [1.165, 1.54) is 44.1 Å². The van der Waals surface area contributed by atoms with Crippen LogP contribution in [0.3, 0.4) is 0 Å². The molecule has 0 spiro atoms. The molecule has 0 aromatic heterocycles. The highest BCUT2D eigenvalue weighted by molar-refractivity contribution is 5.14. The van der Waals surface area contributed by atoms with Crippen LogP contribution in [0.2, 0.25) is 0 Å². The van der Waals surface area contributed by atoms with E-state index in [1.54, 1.807) is 0 Å². The van der Waals surface area contributed by atoms with E-state index in [2.05, 4.69) is 49.2 Å². The molecule has 0 saturated heterocycles. The Morgan fingerprint density at radius 3 is 2.42 bits per heavy atom. The summed E-state index contributed by atoms with van der Waals surface area (Å²) < 4.78 is 0. The molecule has 0 bridgehead atoms. The molecule has 1 aromatic rings. The summed E-state index contributed by atoms with van der Waals surface area (Å²) in [5.74, 6) is 0. The topological polar surface area (TPSA) is 29.3 Å². The molecule has 1 saturated carbocycles. The first kappa shape index (κ1) is 14.5. The van der Waals surface area contributed by atoms with Crippen molar-refractivity contribution in [3.05, 3.63) is 35.9 Å². The Kier molecular flexibility index (Phi) is 5.41. The third-order valence-electron chi connectivity index (χ3n) is 4.71. The van der Waals surface area contributed by atoms with Crippen molar-refractivity contribution in [1.29, 1.82) is 0 Å². The highest BCUT2D eigenvalue weighted by Crippen LogP contribution is 2.23. The summed E-state index contributed by atoms with van der Waals surface area (Å²) in [5, 5.41) is 0. The molecule has 19 heavy (non-hydrogen) atoms. The summed E-state index contributed by atoms with van der Waals surface area (Å²) in [7, 11) is 2.29. The van der Waals surface area contributed by atoms with Gasteiger partial charge in [-0.15, -0.1) is 0 Å². The largest absolute Gasteiger partial charge is 0.328 e. The molecule has 0 aliphatic heterocycles. The second kappa shape index (κ2) is 7.06. The highest BCUT2D eigenvalue weighted by Gasteiger charge is 2.24. The van der Waals surface area contributed by atoms with E-state index in [1.807, 2.05) is 0 Å². The third kappa shape index (κ3) is 4.32. The van der Waals surface area contributed by atoms with E-state index in [4.69, 9.17) is 5.73 Å². The minimum Gasteiger partial charge on any atom is -0.328 e. The predicted molar refractivity (Wildman–Crippen MR) is 82.2 cm³/mol. The number of nitrogens with zero attached hydrogens (tertiary/aromatic N) is 1. The second-order valence-electron chi connectivity index (χ2n) is 6.11. The molecule has 106 valence electrons. The standard InChI is InChI=1S/C17H28N2/c1-14(8-9-15-6-4-3-5-7-15)19(2)17-12-10-16(18)11-13-17/h3-7,14,16-17H,8-13,18H2,1-2H3. The minimum absolute atomic E-state index is 0.448. The maximum Gasteiger partial charge on any atom is 0.00961 e. The molecule has 1 aliphatic rings. The molecule has 0 amide bonds. The van der Waals surface area contributed by atoms with Gasteiger partial charge in [0.05, 0.1) is 0 Å². The van der Waals surface area contributed by atoms with Crippen LogP contribution in [0.4, 0.5) is 0 Å². The van der Waals surface area contributed by atoms with E-state index in [-0.39, 0.29) is 0 Å². The molecule has 2 N–H and O–H groups in total. The van der Waals surface area contributed by atoms with E-state index in [0.29, 0.717) is 12.1 Å². The van der Waals surface area contributed by atoms with Crippen molar-refractivity contribution in [1.82, 2.24) is 4.90 Å². The monoisotopic (exact) mass is 260 g/mol. The lowest BCUT2D eigenvalue weighted by Crippen LogP contribution is -2.43. The van der Waals surface area contributed by atoms with Crippen molar-refractivity contribution in [2.75, 3.05) is 7.05 Å². The summed E-state index contributed by atoms with van der Waals surface area (Å²) in [5.41, 5.74) is 7.44. The van der Waals surface area contributed by atoms with Crippen LogP contribution >= 0.6 is 0 Å². The third-order valence-corrected chi connectivity index (χ3v) is 4.71. The lowest BCUT2D eigenvalue weighted by molar-refractivity contribution is 0.135. The first-order chi connectivity index (χ1) is 9.16. The number of hydrogen-bond donors (Lipinski definition) is 1. The summed E-state index contributed by atoms with van der Waals surface area (Å²) in [4.78, 5) is 2.58. The maximum absolute atomic E-state index is 5.99. The van der Waals surface area contributed by atoms with E-state index < -0.39 is 0 Å². The van der Waals surface area contributed by atoms with Gasteiger partial charge >= 0.3 is 0 Å². The van der Waals surface area contributed by atoms with Crippen LogP contribution in [0, 0.1) is 0 Å². The van der Waals surface area contributed by atoms with Crippen molar-refractivity contribution in [3.63, 3.8) is 0 Å². The number of rotatable bonds is 5. The zero-order chi connectivity index (χ0) is 13.7. The van der Waals surface area contributed by atoms with Crippen LogP contribution in [-0.2, 0) is 6.42 Å². The molecule has 1 atom stereocenters. The SMILES string of the molecule is CC(CCc1ccccc1)N(C)C1CCC(N)CC1. The summed E-state index contributed by atoms with van der Waals surface area (Å²) in [6.07, 6.45) is 7.35. The number of aryl methyl sites for hydroxylation is 1. The molecule has 1 fully saturated rings. The Hall–Kier alpha value is -0.860. The fourth-order valence-corrected chi connectivity index (χ4v) is 3.09. The van der Waals surface area contributed by atoms with Gasteiger partial charge in [0.15, 0.2) is 0 Å². The zero-order valence-electron chi connectivity index (χ0n) is 12.4. The first-order valence-electron chi connectivity index (χ1n) is 7.68. The zero-order valence-corrected chi connectivity index (χ0v) is 12.4. The minimum atomic E-state index is 0.448. The number of hydrogen-bond acceptors (Lipinski definition) is 2. The number of nitrogens with two attached hydrogens (primary N) is 1. The Morgan fingerprint density at radius 2 is 1.79 bits per heavy atom. The van der Waals surface area contributed by atoms with Gasteiger partial charge in [-0.05, 0) is 58.1 Å². The summed E-state index contributed by atoms with van der Waals surface area (Å²) in [6.45, 7) is 2.36. The average Bonchev–Trinajstić information content (AvgIpc) is 2.46. The Morgan fingerprint density at radius 1 is 1.16 bits per heavy atom. The van der Waals surface area contributed by atoms with Crippen molar-refractivity contribution in [2.45, 2.75) is 63.6 Å². The fraction of sp³-hybridized carbons (Fsp3) is 0.647. The normalized spacial score (nSPS) is 25.5. The summed E-state index contributed by atoms with van der Waals surface area (Å²) >= 11 is 0. The van der Waals surface area contributed by atoms with Gasteiger partial charge in [0, 0.05) is 18.1 Å². The lowest BCUT2D eigenvalue weighted by Gasteiger charge is -2.37. The van der Waals surface area contributed by atoms with Crippen molar-refractivity contribution in [2.24, 2.45) is 5.73 Å². The van der Waals surface area contributed by atoms with Gasteiger partial charge in [0.2, 0.25) is 0 Å². The Labute approximate surface area is 118 Å². The van der Waals surface area contributed by atoms with E-state index in [0.717, 1.165) is 6.04 Å². The van der Waals surface area contributed by atoms with Crippen LogP contribution in [0.15, 0.2) is 30.3 Å². The van der Waals surface area contributed by atoms with Crippen LogP contribution in [0.5, 0.6) is 0 Å². The first-order valence-corrected chi connectivity index (χ1v) is 7.68. The predicted octanol–water partition coefficient (Wildman–Crippen LogP) is 3.21. The van der Waals surface area contributed by atoms with Crippen molar-refractivity contribution < 1.29 is 0 Å². The maximum atomic E-state index is 5.99. The quantitative estimate of drug-likeness (QED) is 0.881. The number of benzene rings is 1. The molecule has 2 rings (SSSR count). The lowest BCUT2D eigenvalue weighted by atomic mass is 9.90. The van der Waals surface area contributed by atoms with Gasteiger partial charge in [-0.3, -0.25) is 0 Å². The van der Waals surface area contributed by atoms with Gasteiger partial charge in [0.25, 0.3) is 0 Å². The molecule has 1 aromatic carbocycles. The molecular weight excluding hydrogens is 232 g/mol. The van der Waals surface area contributed by atoms with Crippen molar-refractivity contribution >= 4 is 0 Å². The van der Waals surface area contributed by atoms with Crippen molar-refractivity contribution in [3.8, 4) is 0 Å². The molecular formula is C17H28N2. The average molecular weight is 260 g/mol. The molecule has 2 heteroatoms. The molecule has 1 aliphatic carbocycles. The van der Waals surface area contributed by atoms with E-state index in [9.17, 15) is 0 Å². The van der Waals surface area contributed by atoms with E-state index >= 15 is 0 Å². The molecule has 0 heterocycles. The highest BCUT2D eigenvalue weighted by atomic mass is 15.2. The molecule has 1 unspecified atom stereocenters. The van der Waals surface area contributed by atoms with Crippen LogP contribution in [-0.4, -0.2) is 30.1 Å².